The van der Waals surface area contributed by atoms with Crippen LogP contribution in [0.25, 0.3) is 0 Å². The molecule has 4 N–H and O–H groups in total. The van der Waals surface area contributed by atoms with E-state index in [4.69, 9.17) is 11.6 Å². The van der Waals surface area contributed by atoms with Crippen LogP contribution < -0.4 is 15.4 Å². The minimum Gasteiger partial charge on any atom is -0.598 e. The minimum atomic E-state index is -1.57. The summed E-state index contributed by atoms with van der Waals surface area (Å²) in [6.45, 7) is 5.49. The van der Waals surface area contributed by atoms with E-state index in [0.29, 0.717) is 39.7 Å². The van der Waals surface area contributed by atoms with Crippen molar-refractivity contribution < 1.29 is 23.6 Å². The van der Waals surface area contributed by atoms with Gasteiger partial charge in [-0.25, -0.2) is 9.18 Å². The van der Waals surface area contributed by atoms with Gasteiger partial charge in [-0.3, -0.25) is 4.79 Å². The number of hydrogen-bond acceptors (Lipinski definition) is 6. The van der Waals surface area contributed by atoms with Gasteiger partial charge in [-0.15, -0.1) is 4.72 Å². The van der Waals surface area contributed by atoms with Crippen LogP contribution in [0.1, 0.15) is 69.6 Å². The first-order chi connectivity index (χ1) is 22.3. The molecular formula is C35H39ClFN5O4S. The summed E-state index contributed by atoms with van der Waals surface area (Å²) in [6, 6.07) is 18.4. The Balaban J connectivity index is 1.48. The molecule has 0 radical (unpaired) electrons. The number of benzene rings is 3. The maximum Gasteiger partial charge on any atom is 0.322 e. The number of nitrogens with one attached hydrogen (secondary N) is 3. The molecule has 3 aromatic carbocycles. The highest BCUT2D eigenvalue weighted by Crippen LogP contribution is 2.43. The number of rotatable bonds is 10. The number of nitriles is 1. The average Bonchev–Trinajstić information content (AvgIpc) is 3.79. The number of nitrogens with zero attached hydrogens (tertiary/aromatic N) is 2. The van der Waals surface area contributed by atoms with E-state index >= 15 is 4.39 Å². The van der Waals surface area contributed by atoms with E-state index < -0.39 is 51.5 Å². The highest BCUT2D eigenvalue weighted by atomic mass is 35.5. The fourth-order valence-electron chi connectivity index (χ4n) is 5.73. The molecule has 47 heavy (non-hydrogen) atoms. The Morgan fingerprint density at radius 3 is 2.45 bits per heavy atom. The normalized spacial score (nSPS) is 19.8. The van der Waals surface area contributed by atoms with E-state index in [0.717, 1.165) is 19.3 Å². The number of likely N-dealkylation sites (tertiary alicyclic amines) is 1. The molecule has 1 unspecified atom stereocenters. The quantitative estimate of drug-likeness (QED) is 0.182. The van der Waals surface area contributed by atoms with Gasteiger partial charge in [0, 0.05) is 35.0 Å². The Morgan fingerprint density at radius 2 is 1.79 bits per heavy atom. The summed E-state index contributed by atoms with van der Waals surface area (Å²) in [5.74, 6) is -0.849. The van der Waals surface area contributed by atoms with Crippen LogP contribution in [0, 0.1) is 23.1 Å². The summed E-state index contributed by atoms with van der Waals surface area (Å²) in [4.78, 5) is 28.0. The molecule has 1 saturated heterocycles. The van der Waals surface area contributed by atoms with Crippen molar-refractivity contribution in [3.05, 3.63) is 94.3 Å². The van der Waals surface area contributed by atoms with E-state index in [1.54, 1.807) is 48.5 Å². The summed E-state index contributed by atoms with van der Waals surface area (Å²) in [6.07, 6.45) is 2.53. The Bertz CT molecular complexity index is 1660. The van der Waals surface area contributed by atoms with E-state index in [1.165, 1.54) is 17.0 Å². The average molecular weight is 680 g/mol. The predicted octanol–water partition coefficient (Wildman–Crippen LogP) is 6.44. The SMILES string of the molecule is CC(C)(C)[S+]([O-])N[C@](CCC1CC1)(c1cccc(C#N)c1)c1ccc(F)c(NC(=O)[C@H]2C[C@@H](O)CN2C(=O)Nc2ccc(Cl)cc2)c1. The lowest BCUT2D eigenvalue weighted by molar-refractivity contribution is -0.119. The van der Waals surface area contributed by atoms with Crippen molar-refractivity contribution in [3.8, 4) is 6.07 Å². The standard InChI is InChI=1S/C35H39ClFN5O4S/c1-34(2,3)47(46)41-35(16-15-22-7-8-22,24-6-4-5-23(17-24)20-38)25-9-14-29(37)30(18-25)40-32(44)31-19-28(43)21-42(31)33(45)39-27-12-10-26(36)11-13-27/h4-6,9-14,17-18,22,28,31,41,43H,7-8,15-16,19,21H2,1-3H3,(H,39,45)(H,40,44)/t28-,31-,35-,47?/m1/s1. The zero-order valence-corrected chi connectivity index (χ0v) is 28.1. The molecule has 0 bridgehead atoms. The first-order valence-corrected chi connectivity index (χ1v) is 17.1. The highest BCUT2D eigenvalue weighted by Gasteiger charge is 2.44. The van der Waals surface area contributed by atoms with E-state index in [-0.39, 0.29) is 18.7 Å². The number of hydrogen-bond donors (Lipinski definition) is 4. The molecule has 4 atom stereocenters. The van der Waals surface area contributed by atoms with Crippen LogP contribution in [-0.2, 0) is 21.7 Å². The number of carbonyl (C=O) groups excluding carboxylic acids is 2. The lowest BCUT2D eigenvalue weighted by Gasteiger charge is -2.39. The molecule has 1 aliphatic carbocycles. The number of carbonyl (C=O) groups is 2. The third kappa shape index (κ3) is 8.26. The molecule has 0 aromatic heterocycles. The summed E-state index contributed by atoms with van der Waals surface area (Å²) in [5.41, 5.74) is 0.932. The molecule has 12 heteroatoms. The van der Waals surface area contributed by atoms with Crippen molar-refractivity contribution >= 4 is 46.3 Å². The summed E-state index contributed by atoms with van der Waals surface area (Å²) in [7, 11) is 0. The van der Waals surface area contributed by atoms with Gasteiger partial charge >= 0.3 is 6.03 Å². The number of halogens is 2. The lowest BCUT2D eigenvalue weighted by Crippen LogP contribution is -2.52. The molecule has 9 nitrogen and oxygen atoms in total. The van der Waals surface area contributed by atoms with Crippen LogP contribution in [-0.4, -0.2) is 49.9 Å². The molecule has 5 rings (SSSR count). The number of anilines is 2. The second-order valence-corrected chi connectivity index (χ2v) is 15.6. The van der Waals surface area contributed by atoms with Crippen molar-refractivity contribution in [1.82, 2.24) is 9.62 Å². The fraction of sp³-hybridized carbons (Fsp3) is 0.400. The molecule has 1 aliphatic heterocycles. The van der Waals surface area contributed by atoms with Crippen LogP contribution in [0.3, 0.4) is 0 Å². The molecular weight excluding hydrogens is 641 g/mol. The monoisotopic (exact) mass is 679 g/mol. The number of β-amino-alcohol motifs (C(OH)–C–C–N with tert-alkyl or cyclic N) is 1. The zero-order valence-electron chi connectivity index (χ0n) is 26.6. The van der Waals surface area contributed by atoms with Gasteiger partial charge in [0.25, 0.3) is 0 Å². The molecule has 2 fully saturated rings. The topological polar surface area (TPSA) is 141 Å². The van der Waals surface area contributed by atoms with Gasteiger partial charge in [0.2, 0.25) is 5.91 Å². The summed E-state index contributed by atoms with van der Waals surface area (Å²) < 4.78 is 31.9. The van der Waals surface area contributed by atoms with Crippen LogP contribution in [0.5, 0.6) is 0 Å². The molecule has 1 heterocycles. The molecule has 1 saturated carbocycles. The third-order valence-electron chi connectivity index (χ3n) is 8.59. The lowest BCUT2D eigenvalue weighted by atomic mass is 9.79. The smallest absolute Gasteiger partial charge is 0.322 e. The molecule has 3 amide bonds. The summed E-state index contributed by atoms with van der Waals surface area (Å²) in [5, 5.41) is 26.0. The Hall–Kier alpha value is -3.66. The van der Waals surface area contributed by atoms with Crippen LogP contribution >= 0.6 is 11.6 Å². The largest absolute Gasteiger partial charge is 0.598 e. The van der Waals surface area contributed by atoms with E-state index in [2.05, 4.69) is 21.4 Å². The maximum absolute atomic E-state index is 15.5. The first-order valence-electron chi connectivity index (χ1n) is 15.6. The van der Waals surface area contributed by atoms with Crippen LogP contribution in [0.4, 0.5) is 20.6 Å². The van der Waals surface area contributed by atoms with Crippen molar-refractivity contribution in [2.24, 2.45) is 5.92 Å². The number of aliphatic hydroxyl groups is 1. The van der Waals surface area contributed by atoms with Gasteiger partial charge in [-0.1, -0.05) is 42.6 Å². The number of urea groups is 1. The fourth-order valence-corrected chi connectivity index (χ4v) is 6.82. The predicted molar refractivity (Wildman–Crippen MR) is 182 cm³/mol. The zero-order chi connectivity index (χ0) is 33.9. The van der Waals surface area contributed by atoms with Gasteiger partial charge in [0.1, 0.15) is 22.1 Å². The van der Waals surface area contributed by atoms with Gasteiger partial charge < -0.3 is 25.2 Å². The molecule has 0 spiro atoms. The van der Waals surface area contributed by atoms with E-state index in [9.17, 15) is 24.5 Å². The summed E-state index contributed by atoms with van der Waals surface area (Å²) >= 11 is 4.38. The number of amides is 3. The van der Waals surface area contributed by atoms with Crippen molar-refractivity contribution in [2.45, 2.75) is 75.3 Å². The van der Waals surface area contributed by atoms with Crippen molar-refractivity contribution in [2.75, 3.05) is 17.2 Å². The highest BCUT2D eigenvalue weighted by molar-refractivity contribution is 7.90. The Morgan fingerprint density at radius 1 is 1.09 bits per heavy atom. The van der Waals surface area contributed by atoms with E-state index in [1.807, 2.05) is 26.8 Å². The minimum absolute atomic E-state index is 0.0282. The molecule has 2 aliphatic rings. The molecule has 3 aromatic rings. The number of aliphatic hydroxyl groups excluding tert-OH is 1. The third-order valence-corrected chi connectivity index (χ3v) is 10.5. The maximum atomic E-state index is 15.5. The van der Waals surface area contributed by atoms with Gasteiger partial charge in [0.15, 0.2) is 0 Å². The van der Waals surface area contributed by atoms with Gasteiger partial charge in [0.05, 0.1) is 23.4 Å². The van der Waals surface area contributed by atoms with Crippen molar-refractivity contribution in [3.63, 3.8) is 0 Å². The second-order valence-electron chi connectivity index (χ2n) is 13.2. The molecule has 248 valence electrons. The van der Waals surface area contributed by atoms with Gasteiger partial charge in [-0.05, 0) is 99.2 Å². The van der Waals surface area contributed by atoms with Crippen LogP contribution in [0.15, 0.2) is 66.7 Å². The van der Waals surface area contributed by atoms with Gasteiger partial charge in [-0.2, -0.15) is 5.26 Å². The Kier molecular flexibility index (Phi) is 10.5. The first kappa shape index (κ1) is 34.7. The second kappa shape index (κ2) is 14.2. The van der Waals surface area contributed by atoms with Crippen LogP contribution in [0.2, 0.25) is 5.02 Å². The Labute approximate surface area is 282 Å². The van der Waals surface area contributed by atoms with Crippen molar-refractivity contribution in [1.29, 1.82) is 5.26 Å².